The molecule has 1 aliphatic carbocycles. The average molecular weight is 356 g/mol. The summed E-state index contributed by atoms with van der Waals surface area (Å²) in [5.74, 6) is -1.01. The van der Waals surface area contributed by atoms with Crippen LogP contribution in [-0.2, 0) is 24.2 Å². The van der Waals surface area contributed by atoms with Crippen molar-refractivity contribution in [2.75, 3.05) is 13.1 Å². The van der Waals surface area contributed by atoms with E-state index < -0.39 is 12.1 Å². The van der Waals surface area contributed by atoms with Crippen molar-refractivity contribution in [1.29, 1.82) is 0 Å². The molecule has 1 atom stereocenters. The fourth-order valence-corrected chi connectivity index (χ4v) is 4.45. The standard InChI is InChI=1S/C20H24N2O4/c23-13-5-4-10-21(11-13)18(24)12-22-17-9-2-1-6-14(17)15-7-3-8-16(19(15)22)20(25)26/h3,7-8,13,23H,1-2,4-6,9-12H2,(H,25,26). The van der Waals surface area contributed by atoms with Gasteiger partial charge in [0.2, 0.25) is 5.91 Å². The molecule has 1 aromatic carbocycles. The molecule has 1 unspecified atom stereocenters. The number of piperidine rings is 1. The highest BCUT2D eigenvalue weighted by atomic mass is 16.4. The monoisotopic (exact) mass is 356 g/mol. The molecule has 0 saturated carbocycles. The Morgan fingerprint density at radius 2 is 1.96 bits per heavy atom. The maximum Gasteiger partial charge on any atom is 0.337 e. The van der Waals surface area contributed by atoms with Crippen molar-refractivity contribution in [3.8, 4) is 0 Å². The lowest BCUT2D eigenvalue weighted by atomic mass is 9.95. The number of nitrogens with zero attached hydrogens (tertiary/aromatic N) is 2. The van der Waals surface area contributed by atoms with E-state index in [4.69, 9.17) is 0 Å². The number of amides is 1. The lowest BCUT2D eigenvalue weighted by Gasteiger charge is -2.30. The van der Waals surface area contributed by atoms with E-state index in [2.05, 4.69) is 0 Å². The van der Waals surface area contributed by atoms with Crippen molar-refractivity contribution in [2.24, 2.45) is 0 Å². The van der Waals surface area contributed by atoms with Crippen molar-refractivity contribution in [1.82, 2.24) is 9.47 Å². The molecule has 1 amide bonds. The number of aliphatic hydroxyl groups excluding tert-OH is 1. The summed E-state index contributed by atoms with van der Waals surface area (Å²) in [4.78, 5) is 26.3. The number of para-hydroxylation sites is 1. The predicted molar refractivity (Wildman–Crippen MR) is 97.4 cm³/mol. The smallest absolute Gasteiger partial charge is 0.337 e. The quantitative estimate of drug-likeness (QED) is 0.883. The summed E-state index contributed by atoms with van der Waals surface area (Å²) in [6.45, 7) is 1.16. The van der Waals surface area contributed by atoms with Gasteiger partial charge in [0, 0.05) is 24.2 Å². The summed E-state index contributed by atoms with van der Waals surface area (Å²) in [5.41, 5.74) is 3.22. The fourth-order valence-electron chi connectivity index (χ4n) is 4.45. The molecule has 138 valence electrons. The number of aromatic nitrogens is 1. The summed E-state index contributed by atoms with van der Waals surface area (Å²) in [5, 5.41) is 20.5. The Bertz CT molecular complexity index is 870. The maximum absolute atomic E-state index is 12.9. The van der Waals surface area contributed by atoms with Crippen LogP contribution < -0.4 is 0 Å². The number of hydrogen-bond acceptors (Lipinski definition) is 3. The van der Waals surface area contributed by atoms with Gasteiger partial charge in [-0.3, -0.25) is 4.79 Å². The number of aliphatic hydroxyl groups is 1. The van der Waals surface area contributed by atoms with Gasteiger partial charge in [0.25, 0.3) is 0 Å². The molecule has 6 heteroatoms. The summed E-state index contributed by atoms with van der Waals surface area (Å²) in [6.07, 6.45) is 5.03. The van der Waals surface area contributed by atoms with Crippen LogP contribution in [0.15, 0.2) is 18.2 Å². The summed E-state index contributed by atoms with van der Waals surface area (Å²) < 4.78 is 1.93. The first kappa shape index (κ1) is 17.1. The minimum absolute atomic E-state index is 0.0470. The first-order valence-corrected chi connectivity index (χ1v) is 9.38. The van der Waals surface area contributed by atoms with Gasteiger partial charge in [0.05, 0.1) is 17.2 Å². The number of carbonyl (C=O) groups is 2. The topological polar surface area (TPSA) is 82.8 Å². The van der Waals surface area contributed by atoms with Crippen molar-refractivity contribution in [2.45, 2.75) is 51.2 Å². The number of benzene rings is 1. The van der Waals surface area contributed by atoms with Gasteiger partial charge in [-0.25, -0.2) is 4.79 Å². The third-order valence-electron chi connectivity index (χ3n) is 5.67. The first-order valence-electron chi connectivity index (χ1n) is 9.38. The SMILES string of the molecule is O=C(O)c1cccc2c3c(n(CC(=O)N4CCCC(O)C4)c12)CCCC3. The van der Waals surface area contributed by atoms with Crippen LogP contribution in [0.3, 0.4) is 0 Å². The van der Waals surface area contributed by atoms with Gasteiger partial charge in [-0.05, 0) is 50.2 Å². The number of aryl methyl sites for hydroxylation is 1. The number of aromatic carboxylic acids is 1. The van der Waals surface area contributed by atoms with Crippen LogP contribution in [0.4, 0.5) is 0 Å². The average Bonchev–Trinajstić information content (AvgIpc) is 2.96. The Labute approximate surface area is 152 Å². The van der Waals surface area contributed by atoms with Crippen LogP contribution in [-0.4, -0.2) is 50.8 Å². The molecular weight excluding hydrogens is 332 g/mol. The van der Waals surface area contributed by atoms with E-state index in [1.165, 1.54) is 5.56 Å². The molecule has 26 heavy (non-hydrogen) atoms. The Morgan fingerprint density at radius 3 is 2.73 bits per heavy atom. The van der Waals surface area contributed by atoms with Crippen LogP contribution in [0.1, 0.15) is 47.3 Å². The van der Waals surface area contributed by atoms with Crippen molar-refractivity contribution >= 4 is 22.8 Å². The fraction of sp³-hybridized carbons (Fsp3) is 0.500. The predicted octanol–water partition coefficient (Wildman–Crippen LogP) is 2.20. The van der Waals surface area contributed by atoms with Crippen LogP contribution in [0.5, 0.6) is 0 Å². The van der Waals surface area contributed by atoms with Crippen LogP contribution in [0, 0.1) is 0 Å². The van der Waals surface area contributed by atoms with E-state index in [0.717, 1.165) is 49.6 Å². The highest BCUT2D eigenvalue weighted by Gasteiger charge is 2.27. The molecule has 6 nitrogen and oxygen atoms in total. The minimum Gasteiger partial charge on any atom is -0.478 e. The molecular formula is C20H24N2O4. The summed E-state index contributed by atoms with van der Waals surface area (Å²) in [6, 6.07) is 5.37. The van der Waals surface area contributed by atoms with Gasteiger partial charge < -0.3 is 19.7 Å². The number of fused-ring (bicyclic) bond motifs is 3. The molecule has 0 bridgehead atoms. The van der Waals surface area contributed by atoms with Gasteiger partial charge in [0.1, 0.15) is 6.54 Å². The highest BCUT2D eigenvalue weighted by molar-refractivity contribution is 6.04. The van der Waals surface area contributed by atoms with Gasteiger partial charge in [-0.1, -0.05) is 12.1 Å². The van der Waals surface area contributed by atoms with E-state index in [9.17, 15) is 19.8 Å². The van der Waals surface area contributed by atoms with Gasteiger partial charge in [-0.15, -0.1) is 0 Å². The Morgan fingerprint density at radius 1 is 1.15 bits per heavy atom. The van der Waals surface area contributed by atoms with E-state index in [1.54, 1.807) is 17.0 Å². The van der Waals surface area contributed by atoms with E-state index >= 15 is 0 Å². The molecule has 1 saturated heterocycles. The van der Waals surface area contributed by atoms with E-state index in [0.29, 0.717) is 18.6 Å². The van der Waals surface area contributed by atoms with Crippen LogP contribution >= 0.6 is 0 Å². The molecule has 1 aliphatic heterocycles. The zero-order valence-corrected chi connectivity index (χ0v) is 14.8. The highest BCUT2D eigenvalue weighted by Crippen LogP contribution is 2.34. The second-order valence-electron chi connectivity index (χ2n) is 7.36. The summed E-state index contributed by atoms with van der Waals surface area (Å²) >= 11 is 0. The maximum atomic E-state index is 12.9. The molecule has 1 aromatic heterocycles. The molecule has 2 heterocycles. The van der Waals surface area contributed by atoms with Crippen LogP contribution in [0.25, 0.3) is 10.9 Å². The van der Waals surface area contributed by atoms with Crippen molar-refractivity contribution in [3.05, 3.63) is 35.0 Å². The van der Waals surface area contributed by atoms with Gasteiger partial charge >= 0.3 is 5.97 Å². The molecule has 0 radical (unpaired) electrons. The number of β-amino-alcohol motifs (C(OH)–C–C–N with tert-alkyl or cyclic N) is 1. The Balaban J connectivity index is 1.78. The molecule has 0 spiro atoms. The number of carbonyl (C=O) groups excluding carboxylic acids is 1. The normalized spacial score (nSPS) is 20.2. The minimum atomic E-state index is -0.965. The number of carboxylic acid groups (broad SMARTS) is 1. The van der Waals surface area contributed by atoms with Crippen LogP contribution in [0.2, 0.25) is 0 Å². The lowest BCUT2D eigenvalue weighted by Crippen LogP contribution is -2.43. The number of likely N-dealkylation sites (tertiary alicyclic amines) is 1. The molecule has 1 fully saturated rings. The third kappa shape index (κ3) is 2.88. The Kier molecular flexibility index (Phi) is 4.44. The van der Waals surface area contributed by atoms with E-state index in [1.807, 2.05) is 10.6 Å². The third-order valence-corrected chi connectivity index (χ3v) is 5.67. The number of hydrogen-bond donors (Lipinski definition) is 2. The Hall–Kier alpha value is -2.34. The zero-order valence-electron chi connectivity index (χ0n) is 14.8. The largest absolute Gasteiger partial charge is 0.478 e. The molecule has 2 aliphatic rings. The van der Waals surface area contributed by atoms with Crippen molar-refractivity contribution in [3.63, 3.8) is 0 Å². The second-order valence-corrected chi connectivity index (χ2v) is 7.36. The first-order chi connectivity index (χ1) is 12.6. The summed E-state index contributed by atoms with van der Waals surface area (Å²) in [7, 11) is 0. The second kappa shape index (κ2) is 6.76. The molecule has 4 rings (SSSR count). The number of carboxylic acids is 1. The van der Waals surface area contributed by atoms with Gasteiger partial charge in [-0.2, -0.15) is 0 Å². The van der Waals surface area contributed by atoms with E-state index in [-0.39, 0.29) is 18.0 Å². The van der Waals surface area contributed by atoms with Crippen molar-refractivity contribution < 1.29 is 19.8 Å². The van der Waals surface area contributed by atoms with Gasteiger partial charge in [0.15, 0.2) is 0 Å². The molecule has 2 aromatic rings. The molecule has 2 N–H and O–H groups in total. The number of rotatable bonds is 3. The lowest BCUT2D eigenvalue weighted by molar-refractivity contribution is -0.134. The zero-order chi connectivity index (χ0) is 18.3.